The summed E-state index contributed by atoms with van der Waals surface area (Å²) < 4.78 is 115. The minimum Gasteiger partial charge on any atom is -0.456 e. The molecule has 0 heterocycles. The smallest absolute Gasteiger partial charge is 0.346 e. The Hall–Kier alpha value is -3.47. The van der Waals surface area contributed by atoms with Crippen LogP contribution in [0.2, 0.25) is 0 Å². The Kier molecular flexibility index (Phi) is 11.1. The van der Waals surface area contributed by atoms with Crippen molar-refractivity contribution in [3.63, 3.8) is 0 Å². The maximum Gasteiger partial charge on any atom is 0.346 e. The monoisotopic (exact) mass is 628 g/mol. The molecule has 2 aromatic rings. The number of alkyl halides is 2. The Morgan fingerprint density at radius 3 is 2.34 bits per heavy atom. The molecule has 2 rings (SSSR count). The Bertz CT molecular complexity index is 1480. The van der Waals surface area contributed by atoms with Gasteiger partial charge in [0, 0.05) is 24.6 Å². The summed E-state index contributed by atoms with van der Waals surface area (Å²) in [5.74, 6) is -6.43. The first-order valence-electron chi connectivity index (χ1n) is 11.9. The summed E-state index contributed by atoms with van der Waals surface area (Å²) in [5.41, 5.74) is -5.90. The first kappa shape index (κ1) is 33.7. The summed E-state index contributed by atoms with van der Waals surface area (Å²) in [7, 11) is -8.13. The second-order valence-electron chi connectivity index (χ2n) is 9.62. The van der Waals surface area contributed by atoms with Crippen molar-refractivity contribution < 1.29 is 53.6 Å². The van der Waals surface area contributed by atoms with Crippen molar-refractivity contribution in [2.75, 3.05) is 23.3 Å². The molecule has 11 nitrogen and oxygen atoms in total. The third-order valence-electron chi connectivity index (χ3n) is 5.43. The van der Waals surface area contributed by atoms with E-state index < -0.39 is 115 Å². The molecule has 0 aromatic heterocycles. The molecule has 2 aromatic carbocycles. The lowest BCUT2D eigenvalue weighted by Crippen LogP contribution is -2.29. The van der Waals surface area contributed by atoms with Crippen LogP contribution in [0.25, 0.3) is 0 Å². The zero-order valence-electron chi connectivity index (χ0n) is 22.4. The molecule has 0 radical (unpaired) electrons. The van der Waals surface area contributed by atoms with E-state index in [-0.39, 0.29) is 9.87 Å². The molecule has 0 saturated heterocycles. The Morgan fingerprint density at radius 1 is 1.17 bits per heavy atom. The largest absolute Gasteiger partial charge is 0.456 e. The minimum atomic E-state index is -4.42. The Morgan fingerprint density at radius 2 is 1.80 bits per heavy atom. The molecule has 0 fully saturated rings. The van der Waals surface area contributed by atoms with Crippen molar-refractivity contribution >= 4 is 38.1 Å². The molecule has 0 bridgehead atoms. The molecule has 41 heavy (non-hydrogen) atoms. The number of halogens is 4. The number of nitro benzene ring substituents is 1. The van der Waals surface area contributed by atoms with E-state index in [9.17, 15) is 44.9 Å². The number of thiol groups is 1. The number of carbonyl (C=O) groups is 1. The number of ether oxygens (including phenoxy) is 2. The molecule has 0 spiro atoms. The normalized spacial score (nSPS) is 12.7. The first-order chi connectivity index (χ1) is 18.9. The van der Waals surface area contributed by atoms with Gasteiger partial charge in [-0.15, -0.1) is 0 Å². The lowest BCUT2D eigenvalue weighted by atomic mass is 10.0. The summed E-state index contributed by atoms with van der Waals surface area (Å²) >= 11 is 0. The number of benzene rings is 2. The highest BCUT2D eigenvalue weighted by Crippen LogP contribution is 2.38. The number of hydrogen-bond donors (Lipinski definition) is 1. The van der Waals surface area contributed by atoms with E-state index >= 15 is 4.39 Å². The topological polar surface area (TPSA) is 150 Å². The number of carbonyl (C=O) groups excluding carboxylic acids is 1. The van der Waals surface area contributed by atoms with Crippen LogP contribution >= 0.6 is 0 Å². The van der Waals surface area contributed by atoms with Gasteiger partial charge in [0.2, 0.25) is 22.1 Å². The van der Waals surface area contributed by atoms with Crippen molar-refractivity contribution in [3.05, 3.63) is 57.1 Å². The Balaban J connectivity index is 2.50. The van der Waals surface area contributed by atoms with Gasteiger partial charge in [0.15, 0.2) is 21.5 Å². The van der Waals surface area contributed by atoms with E-state index in [0.717, 1.165) is 12.1 Å². The third-order valence-corrected chi connectivity index (χ3v) is 8.11. The first-order valence-corrected chi connectivity index (χ1v) is 14.8. The fraction of sp³-hybridized carbons (Fsp3) is 0.458. The predicted molar refractivity (Wildman–Crippen MR) is 141 cm³/mol. The van der Waals surface area contributed by atoms with Gasteiger partial charge >= 0.3 is 5.97 Å². The molecule has 0 amide bonds. The van der Waals surface area contributed by atoms with E-state index in [1.807, 2.05) is 0 Å². The van der Waals surface area contributed by atoms with Gasteiger partial charge in [0.05, 0.1) is 23.0 Å². The fourth-order valence-corrected chi connectivity index (χ4v) is 5.37. The van der Waals surface area contributed by atoms with Crippen LogP contribution in [0.4, 0.5) is 28.9 Å². The van der Waals surface area contributed by atoms with Crippen LogP contribution in [0.5, 0.6) is 11.5 Å². The molecule has 0 aliphatic rings. The highest BCUT2D eigenvalue weighted by atomic mass is 32.2. The number of sulfone groups is 1. The van der Waals surface area contributed by atoms with Crippen LogP contribution in [0.15, 0.2) is 24.3 Å². The molecule has 0 aliphatic heterocycles. The second-order valence-corrected chi connectivity index (χ2v) is 12.8. The van der Waals surface area contributed by atoms with Gasteiger partial charge in [-0.05, 0) is 52.3 Å². The van der Waals surface area contributed by atoms with E-state index in [1.54, 1.807) is 0 Å². The van der Waals surface area contributed by atoms with Crippen LogP contribution in [-0.4, -0.2) is 57.8 Å². The van der Waals surface area contributed by atoms with Crippen molar-refractivity contribution in [1.29, 1.82) is 0 Å². The molecule has 0 saturated carbocycles. The molecule has 1 unspecified atom stereocenters. The number of nitro groups is 1. The maximum atomic E-state index is 15.4. The van der Waals surface area contributed by atoms with Gasteiger partial charge < -0.3 is 9.47 Å². The molecule has 228 valence electrons. The SMILES string of the molecule is Cc1c(Oc2c(F)ccc(N(CCC(F)S(=O)(=O)CCCF)[SH](=O)=O)c2F)ccc([N+](=O)[O-])c1C(=O)OC(C)(C)C. The van der Waals surface area contributed by atoms with Crippen molar-refractivity contribution in [1.82, 2.24) is 0 Å². The molecule has 1 atom stereocenters. The van der Waals surface area contributed by atoms with Crippen molar-refractivity contribution in [2.45, 2.75) is 51.6 Å². The van der Waals surface area contributed by atoms with E-state index in [2.05, 4.69) is 0 Å². The lowest BCUT2D eigenvalue weighted by molar-refractivity contribution is -0.385. The number of esters is 1. The summed E-state index contributed by atoms with van der Waals surface area (Å²) in [6.45, 7) is 3.85. The standard InChI is InChI=1S/C24H28F4N2O9S2/c1-14-18(9-8-16(30(32)33)20(14)23(31)39-24(2,3)4)38-22-15(26)6-7-17(21(22)28)29(40(34)35)12-10-19(27)41(36,37)13-5-11-25/h6-9,19,40H,5,10-13H2,1-4H3. The fourth-order valence-electron chi connectivity index (χ4n) is 3.53. The van der Waals surface area contributed by atoms with Crippen LogP contribution < -0.4 is 9.04 Å². The Labute approximate surface area is 235 Å². The zero-order valence-corrected chi connectivity index (χ0v) is 24.1. The predicted octanol–water partition coefficient (Wildman–Crippen LogP) is 4.72. The molecular weight excluding hydrogens is 600 g/mol. The second kappa shape index (κ2) is 13.5. The summed E-state index contributed by atoms with van der Waals surface area (Å²) in [5, 5.41) is 11.5. The molecular formula is C24H28F4N2O9S2. The third kappa shape index (κ3) is 8.51. The van der Waals surface area contributed by atoms with Crippen LogP contribution in [0, 0.1) is 28.7 Å². The van der Waals surface area contributed by atoms with Crippen LogP contribution in [0.1, 0.15) is 49.5 Å². The minimum absolute atomic E-state index is 0.219. The van der Waals surface area contributed by atoms with Gasteiger partial charge in [-0.3, -0.25) is 18.8 Å². The van der Waals surface area contributed by atoms with E-state index in [4.69, 9.17) is 9.47 Å². The molecule has 0 aliphatic carbocycles. The lowest BCUT2D eigenvalue weighted by Gasteiger charge is -2.22. The zero-order chi connectivity index (χ0) is 31.3. The number of hydrogen-bond acceptors (Lipinski definition) is 9. The average molecular weight is 629 g/mol. The summed E-state index contributed by atoms with van der Waals surface area (Å²) in [6.07, 6.45) is -1.40. The van der Waals surface area contributed by atoms with E-state index in [0.29, 0.717) is 12.1 Å². The van der Waals surface area contributed by atoms with Crippen molar-refractivity contribution in [3.8, 4) is 11.5 Å². The quantitative estimate of drug-likeness (QED) is 0.109. The average Bonchev–Trinajstić information content (AvgIpc) is 2.85. The highest BCUT2D eigenvalue weighted by Gasteiger charge is 2.31. The van der Waals surface area contributed by atoms with Gasteiger partial charge in [0.25, 0.3) is 5.69 Å². The summed E-state index contributed by atoms with van der Waals surface area (Å²) in [4.78, 5) is 23.4. The van der Waals surface area contributed by atoms with Gasteiger partial charge in [-0.1, -0.05) is 0 Å². The molecule has 17 heteroatoms. The highest BCUT2D eigenvalue weighted by molar-refractivity contribution is 7.91. The summed E-state index contributed by atoms with van der Waals surface area (Å²) in [6, 6.07) is 3.14. The van der Waals surface area contributed by atoms with Gasteiger partial charge in [-0.25, -0.2) is 34.8 Å². The number of nitrogens with zero attached hydrogens (tertiary/aromatic N) is 2. The van der Waals surface area contributed by atoms with E-state index in [1.165, 1.54) is 27.7 Å². The molecule has 0 N–H and O–H groups in total. The van der Waals surface area contributed by atoms with Gasteiger partial charge in [0.1, 0.15) is 16.9 Å². The van der Waals surface area contributed by atoms with Crippen LogP contribution in [-0.2, 0) is 25.5 Å². The maximum absolute atomic E-state index is 15.4. The number of rotatable bonds is 13. The van der Waals surface area contributed by atoms with Gasteiger partial charge in [-0.2, -0.15) is 0 Å². The van der Waals surface area contributed by atoms with Crippen LogP contribution in [0.3, 0.4) is 0 Å². The number of anilines is 1. The van der Waals surface area contributed by atoms with Crippen molar-refractivity contribution in [2.24, 2.45) is 0 Å².